The summed E-state index contributed by atoms with van der Waals surface area (Å²) in [4.78, 5) is -0.456. The first-order chi connectivity index (χ1) is 6.88. The normalized spacial score (nSPS) is 19.8. The molecule has 82 valence electrons. The van der Waals surface area contributed by atoms with E-state index in [0.717, 1.165) is 5.56 Å². The maximum Gasteiger partial charge on any atom is 0.241 e. The summed E-state index contributed by atoms with van der Waals surface area (Å²) in [5, 5.41) is 7.94. The highest BCUT2D eigenvalue weighted by Crippen LogP contribution is 2.29. The Hall–Kier alpha value is -1.14. The van der Waals surface area contributed by atoms with Crippen LogP contribution in [0.4, 0.5) is 10.1 Å². The van der Waals surface area contributed by atoms with Crippen LogP contribution in [-0.2, 0) is 16.4 Å². The predicted octanol–water partition coefficient (Wildman–Crippen LogP) is 0.830. The Morgan fingerprint density at radius 3 is 2.80 bits per heavy atom. The van der Waals surface area contributed by atoms with Crippen LogP contribution in [0.3, 0.4) is 0 Å². The van der Waals surface area contributed by atoms with Crippen molar-refractivity contribution in [3.05, 3.63) is 23.5 Å². The van der Waals surface area contributed by atoms with Gasteiger partial charge in [0.1, 0.15) is 10.7 Å². The summed E-state index contributed by atoms with van der Waals surface area (Å²) in [6.07, 6.45) is 0.692. The van der Waals surface area contributed by atoms with Gasteiger partial charge in [0.2, 0.25) is 10.0 Å². The van der Waals surface area contributed by atoms with Crippen LogP contribution in [0, 0.1) is 5.82 Å². The second kappa shape index (κ2) is 3.18. The number of nitrogens with one attached hydrogen (secondary N) is 1. The van der Waals surface area contributed by atoms with Crippen LogP contribution in [0.25, 0.3) is 0 Å². The van der Waals surface area contributed by atoms with Gasteiger partial charge in [0.25, 0.3) is 0 Å². The Kier molecular flexibility index (Phi) is 2.20. The molecule has 1 unspecified atom stereocenters. The smallest absolute Gasteiger partial charge is 0.241 e. The van der Waals surface area contributed by atoms with Crippen LogP contribution >= 0.6 is 0 Å². The molecule has 6 heteroatoms. The van der Waals surface area contributed by atoms with Gasteiger partial charge >= 0.3 is 0 Å². The number of hydrogen-bond acceptors (Lipinski definition) is 3. The number of sulfonamides is 1. The lowest BCUT2D eigenvalue weighted by atomic mass is 10.1. The fourth-order valence-corrected chi connectivity index (χ4v) is 2.38. The first kappa shape index (κ1) is 10.4. The SMILES string of the molecule is CC1Cc2cc(F)c(S(N)(=O)=O)cc2N1. The molecule has 1 heterocycles. The fourth-order valence-electron chi connectivity index (χ4n) is 1.76. The lowest BCUT2D eigenvalue weighted by Gasteiger charge is -2.05. The number of hydrogen-bond donors (Lipinski definition) is 2. The summed E-state index contributed by atoms with van der Waals surface area (Å²) in [6.45, 7) is 1.94. The number of benzene rings is 1. The predicted molar refractivity (Wildman–Crippen MR) is 54.6 cm³/mol. The van der Waals surface area contributed by atoms with Gasteiger partial charge in [0.05, 0.1) is 0 Å². The zero-order valence-corrected chi connectivity index (χ0v) is 8.94. The van der Waals surface area contributed by atoms with E-state index >= 15 is 0 Å². The summed E-state index contributed by atoms with van der Waals surface area (Å²) in [6, 6.07) is 2.67. The highest BCUT2D eigenvalue weighted by atomic mass is 32.2. The fraction of sp³-hybridized carbons (Fsp3) is 0.333. The number of halogens is 1. The third-order valence-corrected chi connectivity index (χ3v) is 3.32. The van der Waals surface area contributed by atoms with Gasteiger partial charge < -0.3 is 5.32 Å². The lowest BCUT2D eigenvalue weighted by Crippen LogP contribution is -2.14. The zero-order valence-electron chi connectivity index (χ0n) is 8.12. The van der Waals surface area contributed by atoms with E-state index < -0.39 is 20.7 Å². The third-order valence-electron chi connectivity index (χ3n) is 2.39. The van der Waals surface area contributed by atoms with Crippen molar-refractivity contribution < 1.29 is 12.8 Å². The maximum absolute atomic E-state index is 13.4. The van der Waals surface area contributed by atoms with Gasteiger partial charge in [0.15, 0.2) is 0 Å². The van der Waals surface area contributed by atoms with Crippen molar-refractivity contribution in [1.82, 2.24) is 0 Å². The number of rotatable bonds is 1. The molecule has 1 aliphatic heterocycles. The number of nitrogens with two attached hydrogens (primary N) is 1. The first-order valence-electron chi connectivity index (χ1n) is 4.49. The van der Waals surface area contributed by atoms with Crippen molar-refractivity contribution in [3.8, 4) is 0 Å². The number of anilines is 1. The summed E-state index contributed by atoms with van der Waals surface area (Å²) in [5.41, 5.74) is 1.43. The molecule has 15 heavy (non-hydrogen) atoms. The quantitative estimate of drug-likeness (QED) is 0.750. The third kappa shape index (κ3) is 1.82. The second-order valence-electron chi connectivity index (χ2n) is 3.73. The molecule has 0 aliphatic carbocycles. The molecule has 0 spiro atoms. The van der Waals surface area contributed by atoms with Crippen LogP contribution in [0.2, 0.25) is 0 Å². The van der Waals surface area contributed by atoms with Crippen LogP contribution in [0.1, 0.15) is 12.5 Å². The van der Waals surface area contributed by atoms with E-state index in [1.54, 1.807) is 0 Å². The van der Waals surface area contributed by atoms with E-state index in [9.17, 15) is 12.8 Å². The molecule has 1 aromatic carbocycles. The van der Waals surface area contributed by atoms with Crippen molar-refractivity contribution in [3.63, 3.8) is 0 Å². The van der Waals surface area contributed by atoms with Crippen molar-refractivity contribution in [2.75, 3.05) is 5.32 Å². The molecule has 4 nitrogen and oxygen atoms in total. The first-order valence-corrected chi connectivity index (χ1v) is 6.04. The molecule has 2 rings (SSSR count). The highest BCUT2D eigenvalue weighted by molar-refractivity contribution is 7.89. The van der Waals surface area contributed by atoms with Gasteiger partial charge in [-0.2, -0.15) is 0 Å². The van der Waals surface area contributed by atoms with Crippen molar-refractivity contribution >= 4 is 15.7 Å². The number of fused-ring (bicyclic) bond motifs is 1. The lowest BCUT2D eigenvalue weighted by molar-refractivity contribution is 0.567. The molecule has 3 N–H and O–H groups in total. The standard InChI is InChI=1S/C9H11FN2O2S/c1-5-2-6-3-7(10)9(15(11,13)14)4-8(6)12-5/h3-5,12H,2H2,1H3,(H2,11,13,14). The van der Waals surface area contributed by atoms with E-state index in [4.69, 9.17) is 5.14 Å². The summed E-state index contributed by atoms with van der Waals surface area (Å²) in [5.74, 6) is -0.785. The minimum atomic E-state index is -3.99. The van der Waals surface area contributed by atoms with Crippen molar-refractivity contribution in [2.24, 2.45) is 5.14 Å². The van der Waals surface area contributed by atoms with Crippen molar-refractivity contribution in [1.29, 1.82) is 0 Å². The van der Waals surface area contributed by atoms with E-state index in [1.807, 2.05) is 6.92 Å². The van der Waals surface area contributed by atoms with E-state index in [0.29, 0.717) is 12.1 Å². The topological polar surface area (TPSA) is 72.2 Å². The molecule has 1 aliphatic rings. The van der Waals surface area contributed by atoms with Crippen LogP contribution in [0.5, 0.6) is 0 Å². The Balaban J connectivity index is 2.59. The highest BCUT2D eigenvalue weighted by Gasteiger charge is 2.23. The molecular formula is C9H11FN2O2S. The van der Waals surface area contributed by atoms with Crippen molar-refractivity contribution in [2.45, 2.75) is 24.3 Å². The maximum atomic E-state index is 13.4. The molecule has 1 aromatic rings. The van der Waals surface area contributed by atoms with E-state index in [1.165, 1.54) is 12.1 Å². The van der Waals surface area contributed by atoms with Crippen LogP contribution in [0.15, 0.2) is 17.0 Å². The molecule has 0 aromatic heterocycles. The summed E-state index contributed by atoms with van der Waals surface area (Å²) < 4.78 is 35.5. The molecule has 0 fully saturated rings. The van der Waals surface area contributed by atoms with Gasteiger partial charge in [-0.15, -0.1) is 0 Å². The van der Waals surface area contributed by atoms with Gasteiger partial charge in [-0.3, -0.25) is 0 Å². The minimum Gasteiger partial charge on any atom is -0.382 e. The average Bonchev–Trinajstić information content (AvgIpc) is 2.40. The molecule has 0 bridgehead atoms. The molecule has 0 saturated heterocycles. The number of primary sulfonamides is 1. The van der Waals surface area contributed by atoms with E-state index in [-0.39, 0.29) is 6.04 Å². The molecule has 0 radical (unpaired) electrons. The largest absolute Gasteiger partial charge is 0.382 e. The Morgan fingerprint density at radius 1 is 1.53 bits per heavy atom. The summed E-state index contributed by atoms with van der Waals surface area (Å²) >= 11 is 0. The summed E-state index contributed by atoms with van der Waals surface area (Å²) in [7, 11) is -3.99. The van der Waals surface area contributed by atoms with Crippen LogP contribution < -0.4 is 10.5 Å². The molecule has 1 atom stereocenters. The Labute approximate surface area is 87.3 Å². The molecule has 0 amide bonds. The van der Waals surface area contributed by atoms with Gasteiger partial charge in [-0.25, -0.2) is 17.9 Å². The van der Waals surface area contributed by atoms with Gasteiger partial charge in [-0.05, 0) is 31.0 Å². The molecular weight excluding hydrogens is 219 g/mol. The average molecular weight is 230 g/mol. The Morgan fingerprint density at radius 2 is 2.20 bits per heavy atom. The van der Waals surface area contributed by atoms with Gasteiger partial charge in [-0.1, -0.05) is 0 Å². The van der Waals surface area contributed by atoms with Gasteiger partial charge in [0, 0.05) is 11.7 Å². The Bertz CT molecular complexity index is 513. The van der Waals surface area contributed by atoms with Crippen LogP contribution in [-0.4, -0.2) is 14.5 Å². The monoisotopic (exact) mass is 230 g/mol. The van der Waals surface area contributed by atoms with E-state index in [2.05, 4.69) is 5.32 Å². The molecule has 0 saturated carbocycles. The zero-order chi connectivity index (χ0) is 11.2. The minimum absolute atomic E-state index is 0.190. The second-order valence-corrected chi connectivity index (χ2v) is 5.26.